The molecule has 1 aromatic carbocycles. The maximum Gasteiger partial charge on any atom is 0.243 e. The Morgan fingerprint density at radius 1 is 1.24 bits per heavy atom. The zero-order valence-electron chi connectivity index (χ0n) is 11.5. The van der Waals surface area contributed by atoms with Crippen molar-refractivity contribution < 1.29 is 13.2 Å². The van der Waals surface area contributed by atoms with Gasteiger partial charge in [0, 0.05) is 18.8 Å². The van der Waals surface area contributed by atoms with Crippen molar-refractivity contribution in [3.05, 3.63) is 24.3 Å². The second kappa shape index (κ2) is 6.39. The molecule has 0 spiro atoms. The quantitative estimate of drug-likeness (QED) is 0.332. The van der Waals surface area contributed by atoms with Crippen molar-refractivity contribution in [3.63, 3.8) is 0 Å². The fourth-order valence-corrected chi connectivity index (χ4v) is 3.89. The van der Waals surface area contributed by atoms with Gasteiger partial charge in [0.15, 0.2) is 0 Å². The molecule has 1 aliphatic rings. The monoisotopic (exact) mass is 313 g/mol. The van der Waals surface area contributed by atoms with Gasteiger partial charge in [0.25, 0.3) is 0 Å². The van der Waals surface area contributed by atoms with E-state index in [0.717, 1.165) is 0 Å². The summed E-state index contributed by atoms with van der Waals surface area (Å²) in [5.41, 5.74) is 5.14. The van der Waals surface area contributed by atoms with Gasteiger partial charge in [-0.1, -0.05) is 0 Å². The molecule has 1 fully saturated rings. The first-order chi connectivity index (χ1) is 9.98. The number of nitrogen functional groups attached to an aromatic ring is 1. The number of sulfonamides is 1. The van der Waals surface area contributed by atoms with E-state index >= 15 is 0 Å². The molecule has 1 amide bonds. The molecule has 6 N–H and O–H groups in total. The highest BCUT2D eigenvalue weighted by atomic mass is 32.2. The Bertz CT molecular complexity index is 602. The molecule has 8 nitrogen and oxygen atoms in total. The molecule has 9 heteroatoms. The molecule has 1 aromatic rings. The highest BCUT2D eigenvalue weighted by molar-refractivity contribution is 7.89. The maximum absolute atomic E-state index is 12.6. The lowest BCUT2D eigenvalue weighted by Crippen LogP contribution is -2.46. The fraction of sp³-hybridized carbons (Fsp3) is 0.417. The molecule has 0 saturated carbocycles. The van der Waals surface area contributed by atoms with E-state index in [-0.39, 0.29) is 17.3 Å². The minimum atomic E-state index is -3.62. The molecule has 0 aliphatic carbocycles. The Morgan fingerprint density at radius 2 is 1.90 bits per heavy atom. The van der Waals surface area contributed by atoms with Crippen LogP contribution in [-0.4, -0.2) is 31.7 Å². The van der Waals surface area contributed by atoms with Crippen LogP contribution in [0.2, 0.25) is 0 Å². The smallest absolute Gasteiger partial charge is 0.243 e. The molecule has 0 bridgehead atoms. The van der Waals surface area contributed by atoms with Gasteiger partial charge in [-0.15, -0.1) is 0 Å². The summed E-state index contributed by atoms with van der Waals surface area (Å²) in [5.74, 6) is 9.62. The number of piperidine rings is 1. The van der Waals surface area contributed by atoms with Crippen LogP contribution in [0.25, 0.3) is 0 Å². The number of nitrogens with two attached hydrogens (primary N) is 2. The van der Waals surface area contributed by atoms with Gasteiger partial charge in [-0.25, -0.2) is 14.3 Å². The van der Waals surface area contributed by atoms with Crippen LogP contribution in [0.4, 0.5) is 5.69 Å². The van der Waals surface area contributed by atoms with E-state index < -0.39 is 15.9 Å². The van der Waals surface area contributed by atoms with E-state index in [1.807, 2.05) is 0 Å². The Labute approximate surface area is 123 Å². The third-order valence-electron chi connectivity index (χ3n) is 3.56. The van der Waals surface area contributed by atoms with Crippen molar-refractivity contribution in [1.29, 1.82) is 0 Å². The Kier molecular flexibility index (Phi) is 4.78. The molecular formula is C12H19N5O3S. The summed E-state index contributed by atoms with van der Waals surface area (Å²) in [5, 5.41) is 0. The van der Waals surface area contributed by atoms with Gasteiger partial charge in [0.1, 0.15) is 0 Å². The van der Waals surface area contributed by atoms with Crippen molar-refractivity contribution >= 4 is 21.6 Å². The fourth-order valence-electron chi connectivity index (χ4n) is 2.36. The van der Waals surface area contributed by atoms with Gasteiger partial charge >= 0.3 is 0 Å². The highest BCUT2D eigenvalue weighted by Gasteiger charge is 2.32. The van der Waals surface area contributed by atoms with Gasteiger partial charge in [0.2, 0.25) is 15.9 Å². The lowest BCUT2D eigenvalue weighted by molar-refractivity contribution is -0.126. The second-order valence-electron chi connectivity index (χ2n) is 4.88. The predicted octanol–water partition coefficient (Wildman–Crippen LogP) is -0.637. The van der Waals surface area contributed by atoms with E-state index in [2.05, 4.69) is 10.9 Å². The van der Waals surface area contributed by atoms with Crippen LogP contribution in [0.15, 0.2) is 29.2 Å². The van der Waals surface area contributed by atoms with Crippen molar-refractivity contribution in [2.45, 2.75) is 17.7 Å². The van der Waals surface area contributed by atoms with Crippen LogP contribution >= 0.6 is 0 Å². The summed E-state index contributed by atoms with van der Waals surface area (Å²) in [4.78, 5) is 11.8. The molecule has 21 heavy (non-hydrogen) atoms. The number of hydrogen-bond acceptors (Lipinski definition) is 6. The summed E-state index contributed by atoms with van der Waals surface area (Å²) in [7, 11) is -3.62. The number of carbonyl (C=O) groups excluding carboxylic acids is 1. The van der Waals surface area contributed by atoms with Crippen LogP contribution in [-0.2, 0) is 14.8 Å². The molecular weight excluding hydrogens is 294 g/mol. The van der Waals surface area contributed by atoms with E-state index in [1.54, 1.807) is 12.1 Å². The maximum atomic E-state index is 12.6. The van der Waals surface area contributed by atoms with Crippen LogP contribution in [0.3, 0.4) is 0 Å². The van der Waals surface area contributed by atoms with Crippen molar-refractivity contribution in [1.82, 2.24) is 9.73 Å². The first kappa shape index (κ1) is 15.7. The third-order valence-corrected chi connectivity index (χ3v) is 5.44. The summed E-state index contributed by atoms with van der Waals surface area (Å²) >= 11 is 0. The van der Waals surface area contributed by atoms with Crippen molar-refractivity contribution in [2.75, 3.05) is 18.5 Å². The average Bonchev–Trinajstić information content (AvgIpc) is 2.54. The number of hydrogen-bond donors (Lipinski definition) is 4. The molecule has 116 valence electrons. The van der Waals surface area contributed by atoms with E-state index in [1.165, 1.54) is 16.4 Å². The van der Waals surface area contributed by atoms with Crippen LogP contribution in [0.5, 0.6) is 0 Å². The molecule has 1 atom stereocenters. The number of rotatable bonds is 4. The van der Waals surface area contributed by atoms with Crippen LogP contribution in [0, 0.1) is 5.92 Å². The molecule has 0 radical (unpaired) electrons. The molecule has 0 unspecified atom stereocenters. The number of amides is 1. The van der Waals surface area contributed by atoms with Crippen molar-refractivity contribution in [2.24, 2.45) is 17.6 Å². The van der Waals surface area contributed by atoms with Crippen molar-refractivity contribution in [3.8, 4) is 0 Å². The first-order valence-electron chi connectivity index (χ1n) is 6.56. The van der Waals surface area contributed by atoms with Gasteiger partial charge in [0.05, 0.1) is 10.8 Å². The summed E-state index contributed by atoms with van der Waals surface area (Å²) in [6, 6.07) is 6.14. The van der Waals surface area contributed by atoms with Crippen LogP contribution in [0.1, 0.15) is 12.8 Å². The number of nitrogens with zero attached hydrogens (tertiary/aromatic N) is 1. The van der Waals surface area contributed by atoms with Crippen LogP contribution < -0.4 is 22.5 Å². The topological polar surface area (TPSA) is 131 Å². The SMILES string of the molecule is NNC(=O)[C@@H]1CCCN(S(=O)(=O)c2ccc(NN)cc2)C1. The van der Waals surface area contributed by atoms with Gasteiger partial charge in [-0.2, -0.15) is 4.31 Å². The Hall–Kier alpha value is -1.68. The summed E-state index contributed by atoms with van der Waals surface area (Å²) in [6.07, 6.45) is 1.25. The van der Waals surface area contributed by atoms with E-state index in [0.29, 0.717) is 25.1 Å². The number of benzene rings is 1. The molecule has 1 heterocycles. The standard InChI is InChI=1S/C12H19N5O3S/c13-15-10-3-5-11(6-4-10)21(19,20)17-7-1-2-9(8-17)12(18)16-14/h3-6,9,15H,1-2,7-8,13-14H2,(H,16,18)/t9-/m1/s1. The Morgan fingerprint density at radius 3 is 2.48 bits per heavy atom. The highest BCUT2D eigenvalue weighted by Crippen LogP contribution is 2.24. The molecule has 2 rings (SSSR count). The molecule has 1 saturated heterocycles. The lowest BCUT2D eigenvalue weighted by atomic mass is 9.99. The van der Waals surface area contributed by atoms with Gasteiger partial charge in [-0.3, -0.25) is 16.1 Å². The normalized spacial score (nSPS) is 20.0. The third kappa shape index (κ3) is 3.32. The van der Waals surface area contributed by atoms with E-state index in [9.17, 15) is 13.2 Å². The minimum absolute atomic E-state index is 0.141. The average molecular weight is 313 g/mol. The summed E-state index contributed by atoms with van der Waals surface area (Å²) in [6.45, 7) is 0.538. The Balaban J connectivity index is 2.19. The lowest BCUT2D eigenvalue weighted by Gasteiger charge is -2.30. The second-order valence-corrected chi connectivity index (χ2v) is 6.82. The minimum Gasteiger partial charge on any atom is -0.324 e. The first-order valence-corrected chi connectivity index (χ1v) is 8.00. The zero-order valence-corrected chi connectivity index (χ0v) is 12.3. The number of hydrazine groups is 2. The molecule has 1 aliphatic heterocycles. The van der Waals surface area contributed by atoms with E-state index in [4.69, 9.17) is 11.7 Å². The zero-order chi connectivity index (χ0) is 15.5. The number of anilines is 1. The predicted molar refractivity (Wildman–Crippen MR) is 78.1 cm³/mol. The number of carbonyl (C=O) groups is 1. The molecule has 0 aromatic heterocycles. The van der Waals surface area contributed by atoms with Gasteiger partial charge < -0.3 is 5.43 Å². The van der Waals surface area contributed by atoms with Gasteiger partial charge in [-0.05, 0) is 37.1 Å². The summed E-state index contributed by atoms with van der Waals surface area (Å²) < 4.78 is 26.4. The largest absolute Gasteiger partial charge is 0.324 e. The number of nitrogens with one attached hydrogen (secondary N) is 2.